The van der Waals surface area contributed by atoms with Crippen molar-refractivity contribution in [3.05, 3.63) is 0 Å². The molecule has 70 valence electrons. The standard InChI is InChI=1S/C5H2ClF5O/c1-2-3(12,4(6,7)8)5(9,10)11/h1,12H. The summed E-state index contributed by atoms with van der Waals surface area (Å²) in [5.41, 5.74) is -4.62. The molecular formula is C5H2ClF5O. The van der Waals surface area contributed by atoms with Gasteiger partial charge in [-0.1, -0.05) is 5.92 Å². The number of terminal acetylenes is 1. The van der Waals surface area contributed by atoms with Crippen molar-refractivity contribution in [2.24, 2.45) is 0 Å². The highest BCUT2D eigenvalue weighted by Gasteiger charge is 2.68. The van der Waals surface area contributed by atoms with Crippen LogP contribution in [0.25, 0.3) is 0 Å². The quantitative estimate of drug-likeness (QED) is 0.395. The predicted molar refractivity (Wildman–Crippen MR) is 30.6 cm³/mol. The minimum Gasteiger partial charge on any atom is -0.364 e. The highest BCUT2D eigenvalue weighted by atomic mass is 35.5. The lowest BCUT2D eigenvalue weighted by atomic mass is 10.1. The third-order valence-corrected chi connectivity index (χ3v) is 1.30. The highest BCUT2D eigenvalue weighted by Crippen LogP contribution is 2.43. The van der Waals surface area contributed by atoms with E-state index >= 15 is 0 Å². The van der Waals surface area contributed by atoms with Crippen molar-refractivity contribution >= 4 is 11.6 Å². The summed E-state index contributed by atoms with van der Waals surface area (Å²) >= 11 is 3.98. The first-order valence-corrected chi connectivity index (χ1v) is 2.77. The summed E-state index contributed by atoms with van der Waals surface area (Å²) in [6.07, 6.45) is -1.58. The maximum atomic E-state index is 11.9. The zero-order valence-electron chi connectivity index (χ0n) is 5.29. The van der Waals surface area contributed by atoms with Crippen LogP contribution in [0.15, 0.2) is 0 Å². The Morgan fingerprint density at radius 1 is 1.17 bits per heavy atom. The van der Waals surface area contributed by atoms with E-state index in [0.29, 0.717) is 5.92 Å². The van der Waals surface area contributed by atoms with Gasteiger partial charge in [0.1, 0.15) is 0 Å². The van der Waals surface area contributed by atoms with Crippen molar-refractivity contribution in [1.82, 2.24) is 0 Å². The zero-order valence-corrected chi connectivity index (χ0v) is 6.05. The molecular weight excluding hydrogens is 206 g/mol. The van der Waals surface area contributed by atoms with Crippen molar-refractivity contribution in [1.29, 1.82) is 0 Å². The molecule has 0 radical (unpaired) electrons. The second-order valence-corrected chi connectivity index (χ2v) is 2.32. The molecule has 1 nitrogen and oxygen atoms in total. The Hall–Kier alpha value is -0.540. The zero-order chi connectivity index (χ0) is 10.2. The molecule has 0 fully saturated rings. The lowest BCUT2D eigenvalue weighted by Gasteiger charge is -2.28. The number of rotatable bonds is 1. The third-order valence-electron chi connectivity index (χ3n) is 1.03. The molecule has 0 aromatic carbocycles. The van der Waals surface area contributed by atoms with Gasteiger partial charge in [-0.05, 0) is 11.6 Å². The summed E-state index contributed by atoms with van der Waals surface area (Å²) in [5.74, 6) is 0.507. The van der Waals surface area contributed by atoms with Crippen LogP contribution in [0.2, 0.25) is 0 Å². The van der Waals surface area contributed by atoms with E-state index < -0.39 is 17.2 Å². The van der Waals surface area contributed by atoms with Gasteiger partial charge < -0.3 is 5.11 Å². The molecule has 0 saturated heterocycles. The maximum Gasteiger partial charge on any atom is 0.436 e. The normalized spacial score (nSPS) is 18.2. The van der Waals surface area contributed by atoms with Crippen molar-refractivity contribution in [3.8, 4) is 12.3 Å². The summed E-state index contributed by atoms with van der Waals surface area (Å²) in [4.78, 5) is 0. The molecule has 0 aromatic heterocycles. The SMILES string of the molecule is C#CC(O)(C(F)(F)F)C(F)(F)Cl. The van der Waals surface area contributed by atoms with Crippen molar-refractivity contribution in [2.45, 2.75) is 17.2 Å². The Morgan fingerprint density at radius 3 is 1.50 bits per heavy atom. The molecule has 0 heterocycles. The van der Waals surface area contributed by atoms with Gasteiger partial charge in [-0.25, -0.2) is 0 Å². The van der Waals surface area contributed by atoms with Crippen LogP contribution < -0.4 is 0 Å². The molecule has 0 aliphatic heterocycles. The molecule has 1 N–H and O–H groups in total. The van der Waals surface area contributed by atoms with Crippen LogP contribution >= 0.6 is 11.6 Å². The molecule has 0 aromatic rings. The fraction of sp³-hybridized carbons (Fsp3) is 0.600. The van der Waals surface area contributed by atoms with Gasteiger partial charge in [0, 0.05) is 0 Å². The molecule has 0 aliphatic carbocycles. The molecule has 12 heavy (non-hydrogen) atoms. The van der Waals surface area contributed by atoms with Crippen LogP contribution in [0.1, 0.15) is 0 Å². The Bertz CT molecular complexity index is 195. The molecule has 0 aliphatic rings. The van der Waals surface area contributed by atoms with E-state index in [4.69, 9.17) is 5.11 Å². The highest BCUT2D eigenvalue weighted by molar-refractivity contribution is 6.22. The molecule has 0 spiro atoms. The monoisotopic (exact) mass is 208 g/mol. The van der Waals surface area contributed by atoms with Crippen LogP contribution in [-0.2, 0) is 0 Å². The molecule has 0 amide bonds. The van der Waals surface area contributed by atoms with E-state index in [1.807, 2.05) is 0 Å². The number of halogens is 6. The van der Waals surface area contributed by atoms with Crippen LogP contribution in [0.5, 0.6) is 0 Å². The maximum absolute atomic E-state index is 11.9. The summed E-state index contributed by atoms with van der Waals surface area (Å²) in [6.45, 7) is 0. The second-order valence-electron chi connectivity index (χ2n) is 1.85. The fourth-order valence-corrected chi connectivity index (χ4v) is 0.486. The molecule has 7 heteroatoms. The van der Waals surface area contributed by atoms with Crippen LogP contribution in [-0.4, -0.2) is 22.3 Å². The van der Waals surface area contributed by atoms with Gasteiger partial charge in [-0.2, -0.15) is 22.0 Å². The van der Waals surface area contributed by atoms with E-state index in [1.165, 1.54) is 0 Å². The minimum absolute atomic E-state index is 0.507. The Balaban J connectivity index is 5.14. The van der Waals surface area contributed by atoms with Gasteiger partial charge in [0.25, 0.3) is 0 Å². The van der Waals surface area contributed by atoms with Crippen molar-refractivity contribution in [3.63, 3.8) is 0 Å². The lowest BCUT2D eigenvalue weighted by molar-refractivity contribution is -0.283. The van der Waals surface area contributed by atoms with Gasteiger partial charge in [-0.3, -0.25) is 0 Å². The molecule has 1 atom stereocenters. The fourth-order valence-electron chi connectivity index (χ4n) is 0.324. The van der Waals surface area contributed by atoms with Gasteiger partial charge in [0.05, 0.1) is 0 Å². The van der Waals surface area contributed by atoms with Gasteiger partial charge in [-0.15, -0.1) is 6.42 Å². The molecule has 0 saturated carbocycles. The number of aliphatic hydroxyl groups is 1. The van der Waals surface area contributed by atoms with Gasteiger partial charge in [0.15, 0.2) is 0 Å². The largest absolute Gasteiger partial charge is 0.436 e. The summed E-state index contributed by atoms with van der Waals surface area (Å²) in [7, 11) is 0. The summed E-state index contributed by atoms with van der Waals surface area (Å²) in [6, 6.07) is 0. The van der Waals surface area contributed by atoms with Crippen LogP contribution in [0.3, 0.4) is 0 Å². The Labute approximate surface area is 69.1 Å². The van der Waals surface area contributed by atoms with E-state index in [9.17, 15) is 22.0 Å². The number of hydrogen-bond acceptors (Lipinski definition) is 1. The Morgan fingerprint density at radius 2 is 1.50 bits per heavy atom. The first-order valence-electron chi connectivity index (χ1n) is 2.40. The Kier molecular flexibility index (Phi) is 2.62. The number of alkyl halides is 6. The average Bonchev–Trinajstić information content (AvgIpc) is 1.81. The van der Waals surface area contributed by atoms with E-state index in [0.717, 1.165) is 0 Å². The van der Waals surface area contributed by atoms with Crippen LogP contribution in [0.4, 0.5) is 22.0 Å². The smallest absolute Gasteiger partial charge is 0.364 e. The summed E-state index contributed by atoms with van der Waals surface area (Å²) < 4.78 is 58.8. The average molecular weight is 209 g/mol. The molecule has 0 bridgehead atoms. The van der Waals surface area contributed by atoms with E-state index in [1.54, 1.807) is 0 Å². The summed E-state index contributed by atoms with van der Waals surface area (Å²) in [5, 5.41) is 3.31. The lowest BCUT2D eigenvalue weighted by Crippen LogP contribution is -2.55. The van der Waals surface area contributed by atoms with Gasteiger partial charge >= 0.3 is 17.2 Å². The number of hydrogen-bond donors (Lipinski definition) is 1. The van der Waals surface area contributed by atoms with E-state index in [-0.39, 0.29) is 0 Å². The first-order chi connectivity index (χ1) is 5.06. The van der Waals surface area contributed by atoms with Crippen molar-refractivity contribution < 1.29 is 27.1 Å². The predicted octanol–water partition coefficient (Wildman–Crippen LogP) is 1.74. The topological polar surface area (TPSA) is 20.2 Å². The minimum atomic E-state index is -5.67. The van der Waals surface area contributed by atoms with Crippen LogP contribution in [0, 0.1) is 12.3 Å². The first kappa shape index (κ1) is 11.5. The molecule has 0 rings (SSSR count). The van der Waals surface area contributed by atoms with E-state index in [2.05, 4.69) is 18.0 Å². The third kappa shape index (κ3) is 1.62. The van der Waals surface area contributed by atoms with Gasteiger partial charge in [0.2, 0.25) is 0 Å². The van der Waals surface area contributed by atoms with Crippen molar-refractivity contribution in [2.75, 3.05) is 0 Å². The molecule has 1 unspecified atom stereocenters. The second kappa shape index (κ2) is 2.75.